The minimum atomic E-state index is 0. The number of hydrogen-bond acceptors (Lipinski definition) is 4. The van der Waals surface area contributed by atoms with Crippen LogP contribution in [0.25, 0.3) is 56.0 Å². The number of pyridine rings is 3. The van der Waals surface area contributed by atoms with Crippen LogP contribution in [0.2, 0.25) is 0 Å². The molecule has 7 aromatic carbocycles. The average Bonchev–Trinajstić information content (AvgIpc) is 3.39. The second kappa shape index (κ2) is 23.3. The molecule has 0 amide bonds. The fraction of sp³-hybridized carbons (Fsp3) is 0.0952. The minimum Gasteiger partial charge on any atom is -0.457 e. The standard InChI is InChI=1S/C38H30N2O.C25H20N.Ir/c1-2-12-33(13-3-1)38-28-32(22-24-40-38)21-20-31-11-8-16-36(27-31)41-35-15-7-10-30(26-35)19-18-29-9-6-14-34(25-29)37-17-4-5-23-39-37;1-18-15-23(20-9-5-3-6-10-20)16-19(2)25(18)22-13-14-26-24(17-22)21-11-7-4-8-12-21;/h1-12,15-17,22-28H,18-21H2;3-11,13-17H,1-2H3;/q-2;-1;+3. The van der Waals surface area contributed by atoms with Crippen molar-refractivity contribution in [2.24, 2.45) is 0 Å². The van der Waals surface area contributed by atoms with Crippen molar-refractivity contribution < 1.29 is 24.8 Å². The maximum Gasteiger partial charge on any atom is 3.00 e. The first kappa shape index (κ1) is 47.0. The van der Waals surface area contributed by atoms with E-state index >= 15 is 0 Å². The molecule has 4 nitrogen and oxygen atoms in total. The van der Waals surface area contributed by atoms with Crippen LogP contribution in [0.3, 0.4) is 0 Å². The van der Waals surface area contributed by atoms with Crippen molar-refractivity contribution in [3.63, 3.8) is 0 Å². The molecular weight excluding hydrogens is 1010 g/mol. The molecule has 0 saturated carbocycles. The smallest absolute Gasteiger partial charge is 0.457 e. The summed E-state index contributed by atoms with van der Waals surface area (Å²) in [4.78, 5) is 13.5. The molecule has 10 rings (SSSR count). The molecule has 0 aliphatic carbocycles. The van der Waals surface area contributed by atoms with E-state index in [9.17, 15) is 0 Å². The number of aromatic nitrogens is 3. The summed E-state index contributed by atoms with van der Waals surface area (Å²) in [6.07, 6.45) is 9.31. The molecule has 0 radical (unpaired) electrons. The second-order valence-corrected chi connectivity index (χ2v) is 16.6. The van der Waals surface area contributed by atoms with Crippen molar-refractivity contribution in [3.8, 4) is 67.5 Å². The number of benzene rings is 7. The molecule has 0 aliphatic heterocycles. The van der Waals surface area contributed by atoms with Gasteiger partial charge in [0.25, 0.3) is 0 Å². The van der Waals surface area contributed by atoms with Gasteiger partial charge in [-0.1, -0.05) is 96.6 Å². The SMILES string of the molecule is Cc1cc(-c2ccccc2)cc(C)c1-c1ccnc(-c2[c-]cccc2)c1.[Ir+3].[c-]1ccccc1-c1cc(CCc2cccc(Oc3cccc(CCc4cc[c-]c(-c5ccccn5)c4)c3)c2)ccn1. The summed E-state index contributed by atoms with van der Waals surface area (Å²) in [5.74, 6) is 1.71. The van der Waals surface area contributed by atoms with Gasteiger partial charge < -0.3 is 19.7 Å². The van der Waals surface area contributed by atoms with Gasteiger partial charge in [-0.3, -0.25) is 0 Å². The fourth-order valence-corrected chi connectivity index (χ4v) is 8.41. The predicted octanol–water partition coefficient (Wildman–Crippen LogP) is 15.3. The van der Waals surface area contributed by atoms with E-state index in [2.05, 4.69) is 162 Å². The quantitative estimate of drug-likeness (QED) is 0.108. The molecule has 0 saturated heterocycles. The van der Waals surface area contributed by atoms with Gasteiger partial charge in [-0.25, -0.2) is 0 Å². The van der Waals surface area contributed by atoms with Gasteiger partial charge in [0.2, 0.25) is 0 Å². The predicted molar refractivity (Wildman–Crippen MR) is 274 cm³/mol. The summed E-state index contributed by atoms with van der Waals surface area (Å²) in [5, 5.41) is 0. The van der Waals surface area contributed by atoms with E-state index in [1.165, 1.54) is 55.6 Å². The monoisotopic (exact) mass is 1060 g/mol. The summed E-state index contributed by atoms with van der Waals surface area (Å²) >= 11 is 0. The van der Waals surface area contributed by atoms with Crippen LogP contribution in [-0.2, 0) is 45.8 Å². The molecule has 68 heavy (non-hydrogen) atoms. The molecule has 0 fully saturated rings. The summed E-state index contributed by atoms with van der Waals surface area (Å²) < 4.78 is 6.29. The molecule has 0 unspecified atom stereocenters. The molecule has 0 spiro atoms. The summed E-state index contributed by atoms with van der Waals surface area (Å²) in [5.41, 5.74) is 18.5. The van der Waals surface area contributed by atoms with E-state index in [0.29, 0.717) is 0 Å². The average molecular weight is 1060 g/mol. The van der Waals surface area contributed by atoms with Crippen molar-refractivity contribution in [3.05, 3.63) is 270 Å². The molecule has 3 aromatic heterocycles. The van der Waals surface area contributed by atoms with E-state index in [-0.39, 0.29) is 20.1 Å². The Morgan fingerprint density at radius 2 is 0.912 bits per heavy atom. The Kier molecular flexibility index (Phi) is 16.1. The van der Waals surface area contributed by atoms with Crippen molar-refractivity contribution in [1.29, 1.82) is 0 Å². The summed E-state index contributed by atoms with van der Waals surface area (Å²) in [6, 6.07) is 78.3. The van der Waals surface area contributed by atoms with Gasteiger partial charge in [0.15, 0.2) is 0 Å². The number of aryl methyl sites for hydroxylation is 6. The van der Waals surface area contributed by atoms with Crippen LogP contribution >= 0.6 is 0 Å². The fourth-order valence-electron chi connectivity index (χ4n) is 8.41. The molecule has 0 aliphatic rings. The maximum absolute atomic E-state index is 6.29. The Hall–Kier alpha value is -7.56. The number of rotatable bonds is 13. The minimum absolute atomic E-state index is 0. The Labute approximate surface area is 414 Å². The number of nitrogens with zero attached hydrogens (tertiary/aromatic N) is 3. The molecule has 0 bridgehead atoms. The zero-order valence-corrected chi connectivity index (χ0v) is 40.6. The van der Waals surface area contributed by atoms with Crippen LogP contribution in [0.5, 0.6) is 11.5 Å². The Balaban J connectivity index is 0.000000200. The van der Waals surface area contributed by atoms with Gasteiger partial charge >= 0.3 is 20.1 Å². The number of ether oxygens (including phenoxy) is 1. The van der Waals surface area contributed by atoms with Crippen LogP contribution < -0.4 is 4.74 Å². The van der Waals surface area contributed by atoms with E-state index in [0.717, 1.165) is 71.0 Å². The van der Waals surface area contributed by atoms with Crippen LogP contribution in [0.1, 0.15) is 33.4 Å². The van der Waals surface area contributed by atoms with Crippen LogP contribution in [0, 0.1) is 32.0 Å². The third kappa shape index (κ3) is 12.5. The van der Waals surface area contributed by atoms with Crippen LogP contribution in [0.15, 0.2) is 219 Å². The van der Waals surface area contributed by atoms with Gasteiger partial charge in [-0.05, 0) is 144 Å². The largest absolute Gasteiger partial charge is 3.00 e. The first-order valence-corrected chi connectivity index (χ1v) is 22.8. The first-order chi connectivity index (χ1) is 33.0. The molecule has 0 atom stereocenters. The van der Waals surface area contributed by atoms with Gasteiger partial charge in [0.1, 0.15) is 11.5 Å². The Bertz CT molecular complexity index is 3030. The molecule has 332 valence electrons. The Morgan fingerprint density at radius 1 is 0.368 bits per heavy atom. The number of hydrogen-bond donors (Lipinski definition) is 0. The van der Waals surface area contributed by atoms with Crippen molar-refractivity contribution in [2.45, 2.75) is 39.5 Å². The van der Waals surface area contributed by atoms with Crippen molar-refractivity contribution >= 4 is 0 Å². The van der Waals surface area contributed by atoms with E-state index in [1.807, 2.05) is 104 Å². The molecule has 3 heterocycles. The van der Waals surface area contributed by atoms with Gasteiger partial charge in [-0.2, -0.15) is 0 Å². The van der Waals surface area contributed by atoms with E-state index in [1.54, 1.807) is 0 Å². The van der Waals surface area contributed by atoms with Crippen molar-refractivity contribution in [1.82, 2.24) is 15.0 Å². The maximum atomic E-state index is 6.29. The third-order valence-corrected chi connectivity index (χ3v) is 11.7. The van der Waals surface area contributed by atoms with E-state index in [4.69, 9.17) is 4.74 Å². The van der Waals surface area contributed by atoms with Gasteiger partial charge in [0.05, 0.1) is 0 Å². The second-order valence-electron chi connectivity index (χ2n) is 16.6. The molecule has 5 heteroatoms. The zero-order valence-electron chi connectivity index (χ0n) is 38.2. The summed E-state index contributed by atoms with van der Waals surface area (Å²) in [6.45, 7) is 4.37. The first-order valence-electron chi connectivity index (χ1n) is 22.8. The molecular formula is C63H50IrN3O. The summed E-state index contributed by atoms with van der Waals surface area (Å²) in [7, 11) is 0. The normalized spacial score (nSPS) is 10.6. The molecule has 10 aromatic rings. The van der Waals surface area contributed by atoms with Gasteiger partial charge in [0, 0.05) is 18.6 Å². The van der Waals surface area contributed by atoms with E-state index < -0.39 is 0 Å². The van der Waals surface area contributed by atoms with Crippen LogP contribution in [-0.4, -0.2) is 15.0 Å². The Morgan fingerprint density at radius 3 is 1.51 bits per heavy atom. The van der Waals surface area contributed by atoms with Crippen LogP contribution in [0.4, 0.5) is 0 Å². The zero-order chi connectivity index (χ0) is 45.6. The molecule has 0 N–H and O–H groups in total. The topological polar surface area (TPSA) is 47.9 Å². The van der Waals surface area contributed by atoms with Crippen molar-refractivity contribution in [2.75, 3.05) is 0 Å². The van der Waals surface area contributed by atoms with Gasteiger partial charge in [-0.15, -0.1) is 107 Å². The third-order valence-electron chi connectivity index (χ3n) is 11.7.